The van der Waals surface area contributed by atoms with Crippen LogP contribution in [-0.2, 0) is 6.54 Å². The Morgan fingerprint density at radius 3 is 2.65 bits per heavy atom. The highest BCUT2D eigenvalue weighted by molar-refractivity contribution is 5.46. The number of hydrogen-bond acceptors (Lipinski definition) is 2. The number of nitrogens with zero attached hydrogens (tertiary/aromatic N) is 1. The molecule has 17 heavy (non-hydrogen) atoms. The summed E-state index contributed by atoms with van der Waals surface area (Å²) in [6.45, 7) is 3.14. The van der Waals surface area contributed by atoms with Gasteiger partial charge in [0.2, 0.25) is 0 Å². The second-order valence-corrected chi connectivity index (χ2v) is 5.49. The Morgan fingerprint density at radius 2 is 1.94 bits per heavy atom. The van der Waals surface area contributed by atoms with Crippen molar-refractivity contribution in [3.05, 3.63) is 29.6 Å². The first-order valence-electron chi connectivity index (χ1n) is 6.48. The van der Waals surface area contributed by atoms with E-state index in [2.05, 4.69) is 4.90 Å². The Bertz CT molecular complexity index is 407. The molecular formula is C14H19FN2. The molecule has 0 bridgehead atoms. The monoisotopic (exact) mass is 234 g/mol. The fourth-order valence-corrected chi connectivity index (χ4v) is 3.41. The van der Waals surface area contributed by atoms with Gasteiger partial charge in [-0.3, -0.25) is 4.90 Å². The average molecular weight is 234 g/mol. The van der Waals surface area contributed by atoms with Gasteiger partial charge in [0.15, 0.2) is 0 Å². The van der Waals surface area contributed by atoms with Crippen LogP contribution in [0.2, 0.25) is 0 Å². The molecule has 2 atom stereocenters. The van der Waals surface area contributed by atoms with Gasteiger partial charge in [0.1, 0.15) is 5.82 Å². The first-order chi connectivity index (χ1) is 8.22. The maximum absolute atomic E-state index is 13.2. The number of benzene rings is 1. The number of fused-ring (bicyclic) bond motifs is 1. The van der Waals surface area contributed by atoms with Gasteiger partial charge in [-0.25, -0.2) is 4.39 Å². The van der Waals surface area contributed by atoms with E-state index in [0.717, 1.165) is 23.9 Å². The molecule has 1 saturated heterocycles. The van der Waals surface area contributed by atoms with Crippen LogP contribution in [0.25, 0.3) is 0 Å². The molecule has 2 aliphatic rings. The van der Waals surface area contributed by atoms with E-state index in [0.29, 0.717) is 5.69 Å². The third-order valence-electron chi connectivity index (χ3n) is 4.30. The second kappa shape index (κ2) is 4.30. The third kappa shape index (κ3) is 2.16. The van der Waals surface area contributed by atoms with E-state index in [1.165, 1.54) is 38.4 Å². The molecule has 1 aromatic rings. The molecule has 1 heterocycles. The van der Waals surface area contributed by atoms with Crippen molar-refractivity contribution in [1.82, 2.24) is 4.90 Å². The highest BCUT2D eigenvalue weighted by Crippen LogP contribution is 2.38. The maximum atomic E-state index is 13.2. The zero-order valence-electron chi connectivity index (χ0n) is 10.0. The largest absolute Gasteiger partial charge is 0.398 e. The van der Waals surface area contributed by atoms with Crippen LogP contribution in [0.3, 0.4) is 0 Å². The average Bonchev–Trinajstić information content (AvgIpc) is 2.83. The van der Waals surface area contributed by atoms with E-state index in [1.54, 1.807) is 12.1 Å². The van der Waals surface area contributed by atoms with E-state index in [-0.39, 0.29) is 5.82 Å². The number of nitrogen functional groups attached to an aromatic ring is 1. The quantitative estimate of drug-likeness (QED) is 0.797. The summed E-state index contributed by atoms with van der Waals surface area (Å²) in [6.07, 6.45) is 4.14. The molecule has 0 aromatic heterocycles. The molecular weight excluding hydrogens is 215 g/mol. The minimum atomic E-state index is -0.186. The molecule has 2 unspecified atom stereocenters. The molecule has 3 rings (SSSR count). The van der Waals surface area contributed by atoms with Gasteiger partial charge in [0.05, 0.1) is 0 Å². The summed E-state index contributed by atoms with van der Waals surface area (Å²) in [5, 5.41) is 0. The molecule has 2 nitrogen and oxygen atoms in total. The van der Waals surface area contributed by atoms with Crippen LogP contribution in [0.15, 0.2) is 18.2 Å². The minimum absolute atomic E-state index is 0.186. The zero-order valence-corrected chi connectivity index (χ0v) is 10.0. The Hall–Kier alpha value is -1.09. The van der Waals surface area contributed by atoms with Gasteiger partial charge >= 0.3 is 0 Å². The summed E-state index contributed by atoms with van der Waals surface area (Å²) >= 11 is 0. The molecule has 1 aromatic carbocycles. The van der Waals surface area contributed by atoms with Crippen LogP contribution < -0.4 is 5.73 Å². The van der Waals surface area contributed by atoms with E-state index < -0.39 is 0 Å². The normalized spacial score (nSPS) is 28.5. The fourth-order valence-electron chi connectivity index (χ4n) is 3.41. The Balaban J connectivity index is 1.69. The Labute approximate surface area is 102 Å². The minimum Gasteiger partial charge on any atom is -0.398 e. The number of likely N-dealkylation sites (tertiary alicyclic amines) is 1. The molecule has 0 spiro atoms. The van der Waals surface area contributed by atoms with Crippen molar-refractivity contribution in [3.8, 4) is 0 Å². The molecule has 3 heteroatoms. The van der Waals surface area contributed by atoms with E-state index in [9.17, 15) is 4.39 Å². The van der Waals surface area contributed by atoms with E-state index in [4.69, 9.17) is 5.73 Å². The van der Waals surface area contributed by atoms with Crippen molar-refractivity contribution in [2.45, 2.75) is 25.8 Å². The van der Waals surface area contributed by atoms with Crippen LogP contribution in [0.5, 0.6) is 0 Å². The SMILES string of the molecule is Nc1ccc(F)cc1CN1CC2CCCC2C1. The number of nitrogens with two attached hydrogens (primary N) is 1. The van der Waals surface area contributed by atoms with Gasteiger partial charge in [-0.1, -0.05) is 6.42 Å². The van der Waals surface area contributed by atoms with Crippen molar-refractivity contribution < 1.29 is 4.39 Å². The standard InChI is InChI=1S/C14H19FN2/c15-13-4-5-14(16)12(6-13)9-17-7-10-2-1-3-11(10)8-17/h4-6,10-11H,1-3,7-9,16H2. The summed E-state index contributed by atoms with van der Waals surface area (Å²) in [4.78, 5) is 2.43. The lowest BCUT2D eigenvalue weighted by Crippen LogP contribution is -2.21. The van der Waals surface area contributed by atoms with Crippen LogP contribution in [0.4, 0.5) is 10.1 Å². The van der Waals surface area contributed by atoms with Gasteiger partial charge in [0.25, 0.3) is 0 Å². The first-order valence-corrected chi connectivity index (χ1v) is 6.48. The highest BCUT2D eigenvalue weighted by atomic mass is 19.1. The van der Waals surface area contributed by atoms with Gasteiger partial charge in [0, 0.05) is 25.3 Å². The molecule has 1 aliphatic heterocycles. The van der Waals surface area contributed by atoms with E-state index >= 15 is 0 Å². The lowest BCUT2D eigenvalue weighted by molar-refractivity contribution is 0.303. The van der Waals surface area contributed by atoms with Crippen molar-refractivity contribution in [2.24, 2.45) is 11.8 Å². The Morgan fingerprint density at radius 1 is 1.24 bits per heavy atom. The van der Waals surface area contributed by atoms with Gasteiger partial charge in [-0.15, -0.1) is 0 Å². The van der Waals surface area contributed by atoms with Crippen molar-refractivity contribution >= 4 is 5.69 Å². The fraction of sp³-hybridized carbons (Fsp3) is 0.571. The maximum Gasteiger partial charge on any atom is 0.123 e. The molecule has 0 radical (unpaired) electrons. The summed E-state index contributed by atoms with van der Waals surface area (Å²) in [5.74, 6) is 1.57. The molecule has 1 aliphatic carbocycles. The Kier molecular flexibility index (Phi) is 2.79. The molecule has 2 N–H and O–H groups in total. The topological polar surface area (TPSA) is 29.3 Å². The lowest BCUT2D eigenvalue weighted by atomic mass is 10.0. The number of anilines is 1. The highest BCUT2D eigenvalue weighted by Gasteiger charge is 2.35. The van der Waals surface area contributed by atoms with Crippen LogP contribution in [0, 0.1) is 17.7 Å². The van der Waals surface area contributed by atoms with Crippen LogP contribution >= 0.6 is 0 Å². The lowest BCUT2D eigenvalue weighted by Gasteiger charge is -2.18. The molecule has 92 valence electrons. The summed E-state index contributed by atoms with van der Waals surface area (Å²) < 4.78 is 13.2. The van der Waals surface area contributed by atoms with Crippen molar-refractivity contribution in [2.75, 3.05) is 18.8 Å². The summed E-state index contributed by atoms with van der Waals surface area (Å²) in [6, 6.07) is 4.67. The third-order valence-corrected chi connectivity index (χ3v) is 4.30. The van der Waals surface area contributed by atoms with Crippen LogP contribution in [-0.4, -0.2) is 18.0 Å². The zero-order chi connectivity index (χ0) is 11.8. The van der Waals surface area contributed by atoms with Gasteiger partial charge in [-0.2, -0.15) is 0 Å². The number of hydrogen-bond donors (Lipinski definition) is 1. The predicted molar refractivity (Wildman–Crippen MR) is 66.9 cm³/mol. The van der Waals surface area contributed by atoms with Gasteiger partial charge in [-0.05, 0) is 48.4 Å². The smallest absolute Gasteiger partial charge is 0.123 e. The van der Waals surface area contributed by atoms with E-state index in [1.807, 2.05) is 0 Å². The predicted octanol–water partition coefficient (Wildman–Crippen LogP) is 2.64. The summed E-state index contributed by atoms with van der Waals surface area (Å²) in [5.41, 5.74) is 7.54. The van der Waals surface area contributed by atoms with Crippen molar-refractivity contribution in [1.29, 1.82) is 0 Å². The first kappa shape index (κ1) is 11.0. The molecule has 1 saturated carbocycles. The number of halogens is 1. The summed E-state index contributed by atoms with van der Waals surface area (Å²) in [7, 11) is 0. The van der Waals surface area contributed by atoms with Crippen LogP contribution in [0.1, 0.15) is 24.8 Å². The van der Waals surface area contributed by atoms with Crippen molar-refractivity contribution in [3.63, 3.8) is 0 Å². The number of rotatable bonds is 2. The molecule has 0 amide bonds. The molecule has 2 fully saturated rings. The van der Waals surface area contributed by atoms with Gasteiger partial charge < -0.3 is 5.73 Å². The second-order valence-electron chi connectivity index (χ2n) is 5.49.